The molecule has 2 aliphatic rings. The first-order chi connectivity index (χ1) is 15.9. The molecule has 7 heteroatoms. The topological polar surface area (TPSA) is 70.2 Å². The van der Waals surface area contributed by atoms with Crippen LogP contribution in [0.4, 0.5) is 10.5 Å². The van der Waals surface area contributed by atoms with Crippen LogP contribution < -0.4 is 9.64 Å². The molecule has 0 N–H and O–H groups in total. The van der Waals surface area contributed by atoms with Crippen molar-refractivity contribution in [3.05, 3.63) is 59.7 Å². The zero-order valence-corrected chi connectivity index (χ0v) is 19.5. The molecule has 0 bridgehead atoms. The van der Waals surface area contributed by atoms with Crippen LogP contribution in [0.5, 0.6) is 5.75 Å². The smallest absolute Gasteiger partial charge is 0.332 e. The molecule has 0 spiro atoms. The van der Waals surface area contributed by atoms with Gasteiger partial charge >= 0.3 is 6.03 Å². The van der Waals surface area contributed by atoms with Crippen LogP contribution in [0.25, 0.3) is 0 Å². The maximum atomic E-state index is 13.4. The molecule has 0 saturated carbocycles. The highest BCUT2D eigenvalue weighted by Crippen LogP contribution is 2.32. The maximum absolute atomic E-state index is 13.4. The second-order valence-electron chi connectivity index (χ2n) is 8.81. The van der Waals surface area contributed by atoms with E-state index in [1.54, 1.807) is 14.0 Å². The van der Waals surface area contributed by atoms with Crippen molar-refractivity contribution >= 4 is 23.5 Å². The van der Waals surface area contributed by atoms with Crippen molar-refractivity contribution in [1.82, 2.24) is 9.80 Å². The lowest BCUT2D eigenvalue weighted by atomic mass is 10.0. The number of benzene rings is 2. The van der Waals surface area contributed by atoms with Crippen molar-refractivity contribution < 1.29 is 19.1 Å². The SMILES string of the molecule is COc1ccc([C@H]2CCCCCN2C(=O)CN2C(=O)[C@H](C)N(c3ccc(C)cc3)C2=O)cc1. The third kappa shape index (κ3) is 4.58. The fourth-order valence-corrected chi connectivity index (χ4v) is 4.72. The van der Waals surface area contributed by atoms with Crippen LogP contribution in [-0.2, 0) is 9.59 Å². The number of likely N-dealkylation sites (tertiary alicyclic amines) is 1. The maximum Gasteiger partial charge on any atom is 0.332 e. The van der Waals surface area contributed by atoms with E-state index >= 15 is 0 Å². The molecule has 0 radical (unpaired) electrons. The van der Waals surface area contributed by atoms with E-state index in [0.29, 0.717) is 12.2 Å². The van der Waals surface area contributed by atoms with Crippen molar-refractivity contribution in [2.45, 2.75) is 51.6 Å². The van der Waals surface area contributed by atoms with Crippen molar-refractivity contribution in [2.75, 3.05) is 25.1 Å². The zero-order valence-electron chi connectivity index (χ0n) is 19.5. The predicted molar refractivity (Wildman–Crippen MR) is 126 cm³/mol. The molecule has 0 aliphatic carbocycles. The first kappa shape index (κ1) is 22.8. The Balaban J connectivity index is 1.54. The van der Waals surface area contributed by atoms with Crippen LogP contribution in [0.3, 0.4) is 0 Å². The normalized spacial score (nSPS) is 21.4. The van der Waals surface area contributed by atoms with Gasteiger partial charge < -0.3 is 9.64 Å². The zero-order chi connectivity index (χ0) is 23.5. The van der Waals surface area contributed by atoms with E-state index < -0.39 is 12.1 Å². The lowest BCUT2D eigenvalue weighted by Gasteiger charge is -2.31. The lowest BCUT2D eigenvalue weighted by Crippen LogP contribution is -2.44. The second-order valence-corrected chi connectivity index (χ2v) is 8.81. The van der Waals surface area contributed by atoms with E-state index in [-0.39, 0.29) is 24.4 Å². The molecule has 4 amide bonds. The van der Waals surface area contributed by atoms with Crippen LogP contribution in [0, 0.1) is 6.92 Å². The van der Waals surface area contributed by atoms with Gasteiger partial charge in [-0.1, -0.05) is 42.7 Å². The molecule has 4 rings (SSSR count). The number of carbonyl (C=O) groups is 3. The van der Waals surface area contributed by atoms with Crippen molar-refractivity contribution in [3.8, 4) is 5.75 Å². The Labute approximate surface area is 194 Å². The molecule has 2 aromatic carbocycles. The van der Waals surface area contributed by atoms with Gasteiger partial charge in [-0.2, -0.15) is 0 Å². The van der Waals surface area contributed by atoms with E-state index in [4.69, 9.17) is 4.74 Å². The van der Waals surface area contributed by atoms with E-state index in [2.05, 4.69) is 0 Å². The number of methoxy groups -OCH3 is 1. The average molecular weight is 450 g/mol. The number of nitrogens with zero attached hydrogens (tertiary/aromatic N) is 3. The summed E-state index contributed by atoms with van der Waals surface area (Å²) in [5, 5.41) is 0. The molecule has 174 valence electrons. The molecule has 33 heavy (non-hydrogen) atoms. The summed E-state index contributed by atoms with van der Waals surface area (Å²) in [6, 6.07) is 14.1. The van der Waals surface area contributed by atoms with Crippen LogP contribution in [0.2, 0.25) is 0 Å². The molecule has 2 saturated heterocycles. The molecule has 2 fully saturated rings. The van der Waals surface area contributed by atoms with E-state index in [1.165, 1.54) is 4.90 Å². The van der Waals surface area contributed by atoms with Crippen LogP contribution >= 0.6 is 0 Å². The summed E-state index contributed by atoms with van der Waals surface area (Å²) < 4.78 is 5.26. The second kappa shape index (κ2) is 9.65. The molecular weight excluding hydrogens is 418 g/mol. The van der Waals surface area contributed by atoms with Crippen molar-refractivity contribution in [1.29, 1.82) is 0 Å². The van der Waals surface area contributed by atoms with Gasteiger partial charge in [0.1, 0.15) is 18.3 Å². The first-order valence-electron chi connectivity index (χ1n) is 11.6. The minimum absolute atomic E-state index is 0.0793. The highest BCUT2D eigenvalue weighted by atomic mass is 16.5. The average Bonchev–Trinajstić information content (AvgIpc) is 3.00. The summed E-state index contributed by atoms with van der Waals surface area (Å²) in [7, 11) is 1.63. The summed E-state index contributed by atoms with van der Waals surface area (Å²) in [4.78, 5) is 44.0. The monoisotopic (exact) mass is 449 g/mol. The quantitative estimate of drug-likeness (QED) is 0.638. The van der Waals surface area contributed by atoms with Gasteiger partial charge in [0.05, 0.1) is 13.2 Å². The van der Waals surface area contributed by atoms with Crippen LogP contribution in [-0.4, -0.2) is 53.9 Å². The molecule has 2 aromatic rings. The highest BCUT2D eigenvalue weighted by molar-refractivity contribution is 6.15. The minimum atomic E-state index is -0.644. The Morgan fingerprint density at radius 2 is 1.70 bits per heavy atom. The van der Waals surface area contributed by atoms with Gasteiger partial charge in [0.2, 0.25) is 5.91 Å². The summed E-state index contributed by atoms with van der Waals surface area (Å²) in [5.41, 5.74) is 2.77. The Bertz CT molecular complexity index is 1020. The van der Waals surface area contributed by atoms with Gasteiger partial charge in [-0.25, -0.2) is 4.79 Å². The number of anilines is 1. The molecule has 2 heterocycles. The largest absolute Gasteiger partial charge is 0.497 e. The Morgan fingerprint density at radius 3 is 2.36 bits per heavy atom. The van der Waals surface area contributed by atoms with E-state index in [0.717, 1.165) is 47.5 Å². The van der Waals surface area contributed by atoms with Crippen LogP contribution in [0.1, 0.15) is 49.8 Å². The summed E-state index contributed by atoms with van der Waals surface area (Å²) in [6.45, 7) is 4.05. The van der Waals surface area contributed by atoms with Crippen molar-refractivity contribution in [3.63, 3.8) is 0 Å². The van der Waals surface area contributed by atoms with E-state index in [1.807, 2.05) is 60.4 Å². The number of urea groups is 1. The standard InChI is InChI=1S/C26H31N3O4/c1-18-8-12-21(13-9-18)29-19(2)25(31)28(26(29)32)17-24(30)27-16-6-4-5-7-23(27)20-10-14-22(33-3)15-11-20/h8-15,19,23H,4-7,16-17H2,1-3H3/t19-,23+/m0/s1. The first-order valence-corrected chi connectivity index (χ1v) is 11.6. The highest BCUT2D eigenvalue weighted by Gasteiger charge is 2.45. The Hall–Kier alpha value is -3.35. The molecule has 0 aromatic heterocycles. The number of carbonyl (C=O) groups excluding carboxylic acids is 3. The van der Waals surface area contributed by atoms with Gasteiger partial charge in [-0.15, -0.1) is 0 Å². The molecule has 2 atom stereocenters. The predicted octanol–water partition coefficient (Wildman–Crippen LogP) is 4.30. The van der Waals surface area contributed by atoms with Gasteiger partial charge in [0, 0.05) is 12.2 Å². The number of amides is 4. The van der Waals surface area contributed by atoms with Gasteiger partial charge in [-0.05, 0) is 56.5 Å². The van der Waals surface area contributed by atoms with Gasteiger partial charge in [0.15, 0.2) is 0 Å². The number of aryl methyl sites for hydroxylation is 1. The number of hydrogen-bond donors (Lipinski definition) is 0. The van der Waals surface area contributed by atoms with Gasteiger partial charge in [0.25, 0.3) is 5.91 Å². The number of hydrogen-bond acceptors (Lipinski definition) is 4. The third-order valence-corrected chi connectivity index (χ3v) is 6.63. The van der Waals surface area contributed by atoms with Crippen LogP contribution in [0.15, 0.2) is 48.5 Å². The number of ether oxygens (including phenoxy) is 1. The molecule has 2 aliphatic heterocycles. The number of rotatable bonds is 5. The fourth-order valence-electron chi connectivity index (χ4n) is 4.72. The molecule has 7 nitrogen and oxygen atoms in total. The third-order valence-electron chi connectivity index (χ3n) is 6.63. The summed E-state index contributed by atoms with van der Waals surface area (Å²) in [6.07, 6.45) is 3.84. The summed E-state index contributed by atoms with van der Waals surface area (Å²) in [5.74, 6) is 0.228. The summed E-state index contributed by atoms with van der Waals surface area (Å²) >= 11 is 0. The number of imide groups is 1. The fraction of sp³-hybridized carbons (Fsp3) is 0.423. The Morgan fingerprint density at radius 1 is 1.00 bits per heavy atom. The Kier molecular flexibility index (Phi) is 6.67. The lowest BCUT2D eigenvalue weighted by molar-refractivity contribution is -0.138. The van der Waals surface area contributed by atoms with E-state index in [9.17, 15) is 14.4 Å². The minimum Gasteiger partial charge on any atom is -0.497 e. The van der Waals surface area contributed by atoms with Crippen molar-refractivity contribution in [2.24, 2.45) is 0 Å². The molecular formula is C26H31N3O4. The van der Waals surface area contributed by atoms with Gasteiger partial charge in [-0.3, -0.25) is 19.4 Å². The molecule has 0 unspecified atom stereocenters.